The van der Waals surface area contributed by atoms with Gasteiger partial charge in [0.2, 0.25) is 5.95 Å². The summed E-state index contributed by atoms with van der Waals surface area (Å²) < 4.78 is 46.0. The molecule has 0 aliphatic carbocycles. The monoisotopic (exact) mass is 425 g/mol. The zero-order chi connectivity index (χ0) is 21.2. The molecule has 1 N–H and O–H groups in total. The lowest BCUT2D eigenvalue weighted by molar-refractivity contribution is -0.137. The fraction of sp³-hybridized carbons (Fsp3) is 0.381. The van der Waals surface area contributed by atoms with Crippen molar-refractivity contribution in [2.24, 2.45) is 0 Å². The molecule has 4 nitrogen and oxygen atoms in total. The Morgan fingerprint density at radius 2 is 1.90 bits per heavy atom. The predicted molar refractivity (Wildman–Crippen MR) is 110 cm³/mol. The highest BCUT2D eigenvalue weighted by atomic mass is 35.5. The summed E-state index contributed by atoms with van der Waals surface area (Å²) in [6.45, 7) is 4.53. The van der Waals surface area contributed by atoms with Crippen LogP contribution in [0.3, 0.4) is 0 Å². The molecule has 0 bridgehead atoms. The van der Waals surface area contributed by atoms with E-state index in [1.165, 1.54) is 11.6 Å². The molecule has 0 saturated carbocycles. The Bertz CT molecular complexity index is 997. The fourth-order valence-electron chi connectivity index (χ4n) is 3.53. The number of nitrogens with zero attached hydrogens (tertiary/aromatic N) is 2. The first-order valence-electron chi connectivity index (χ1n) is 9.41. The van der Waals surface area contributed by atoms with Gasteiger partial charge in [-0.15, -0.1) is 0 Å². The van der Waals surface area contributed by atoms with Crippen molar-refractivity contribution in [3.8, 4) is 0 Å². The third-order valence-electron chi connectivity index (χ3n) is 5.02. The highest BCUT2D eigenvalue weighted by Crippen LogP contribution is 2.36. The predicted octanol–water partition coefficient (Wildman–Crippen LogP) is 6.96. The van der Waals surface area contributed by atoms with E-state index in [4.69, 9.17) is 16.3 Å². The zero-order valence-electron chi connectivity index (χ0n) is 16.5. The van der Waals surface area contributed by atoms with Crippen molar-refractivity contribution in [2.75, 3.05) is 12.4 Å². The van der Waals surface area contributed by atoms with Crippen LogP contribution in [0, 0.1) is 0 Å². The van der Waals surface area contributed by atoms with Gasteiger partial charge in [-0.2, -0.15) is 13.2 Å². The van der Waals surface area contributed by atoms with Gasteiger partial charge >= 0.3 is 6.18 Å². The molecule has 0 saturated heterocycles. The average molecular weight is 426 g/mol. The molecule has 0 atom stereocenters. The molecule has 0 unspecified atom stereocenters. The first kappa shape index (κ1) is 21.5. The van der Waals surface area contributed by atoms with E-state index in [9.17, 15) is 13.2 Å². The van der Waals surface area contributed by atoms with Crippen LogP contribution in [0.15, 0.2) is 36.4 Å². The highest BCUT2D eigenvalue weighted by molar-refractivity contribution is 6.33. The van der Waals surface area contributed by atoms with E-state index in [0.29, 0.717) is 17.6 Å². The molecule has 3 aromatic rings. The Morgan fingerprint density at radius 3 is 2.48 bits per heavy atom. The van der Waals surface area contributed by atoms with Gasteiger partial charge in [0.05, 0.1) is 27.3 Å². The molecule has 1 aromatic heterocycles. The summed E-state index contributed by atoms with van der Waals surface area (Å²) in [5.41, 5.74) is 2.46. The van der Waals surface area contributed by atoms with Crippen LogP contribution < -0.4 is 5.32 Å². The number of alkyl halides is 3. The van der Waals surface area contributed by atoms with E-state index in [1.54, 1.807) is 7.11 Å². The van der Waals surface area contributed by atoms with Crippen molar-refractivity contribution in [2.45, 2.75) is 45.5 Å². The highest BCUT2D eigenvalue weighted by Gasteiger charge is 2.31. The number of fused-ring (bicyclic) bond motifs is 1. The van der Waals surface area contributed by atoms with Crippen LogP contribution in [0.1, 0.15) is 43.7 Å². The van der Waals surface area contributed by atoms with E-state index in [2.05, 4.69) is 30.2 Å². The van der Waals surface area contributed by atoms with Crippen LogP contribution in [-0.2, 0) is 17.6 Å². The Morgan fingerprint density at radius 1 is 1.17 bits per heavy atom. The number of rotatable bonds is 7. The maximum atomic E-state index is 12.9. The number of halogens is 4. The van der Waals surface area contributed by atoms with Crippen LogP contribution in [0.25, 0.3) is 11.0 Å². The average Bonchev–Trinajstić information content (AvgIpc) is 3.02. The summed E-state index contributed by atoms with van der Waals surface area (Å²) in [6.07, 6.45) is -2.47. The van der Waals surface area contributed by atoms with Gasteiger partial charge in [0.15, 0.2) is 0 Å². The zero-order valence-corrected chi connectivity index (χ0v) is 17.2. The second-order valence-electron chi connectivity index (χ2n) is 6.83. The standard InChI is InChI=1S/C21H23ClF3N3O/c1-4-13(5-2)15-7-6-8-18-19(15)28(12-29-3)20(27-18)26-17-10-9-14(11-16(17)22)21(23,24)25/h6-11,13H,4-5,12H2,1-3H3,(H,26,27). The Labute approximate surface area is 172 Å². The molecule has 0 radical (unpaired) electrons. The van der Waals surface area contributed by atoms with Crippen molar-refractivity contribution < 1.29 is 17.9 Å². The van der Waals surface area contributed by atoms with Crippen molar-refractivity contribution in [3.63, 3.8) is 0 Å². The Hall–Kier alpha value is -2.25. The number of aromatic nitrogens is 2. The van der Waals surface area contributed by atoms with Gasteiger partial charge in [0, 0.05) is 7.11 Å². The first-order valence-corrected chi connectivity index (χ1v) is 9.79. The Balaban J connectivity index is 2.08. The van der Waals surface area contributed by atoms with E-state index in [1.807, 2.05) is 16.7 Å². The van der Waals surface area contributed by atoms with E-state index in [-0.39, 0.29) is 11.8 Å². The molecule has 0 aliphatic heterocycles. The van der Waals surface area contributed by atoms with Gasteiger partial charge in [0.25, 0.3) is 0 Å². The minimum Gasteiger partial charge on any atom is -0.364 e. The van der Waals surface area contributed by atoms with Crippen LogP contribution in [0.5, 0.6) is 0 Å². The normalized spacial score (nSPS) is 12.1. The van der Waals surface area contributed by atoms with Crippen molar-refractivity contribution >= 4 is 34.3 Å². The van der Waals surface area contributed by atoms with E-state index >= 15 is 0 Å². The molecule has 0 spiro atoms. The summed E-state index contributed by atoms with van der Waals surface area (Å²) >= 11 is 6.11. The lowest BCUT2D eigenvalue weighted by Gasteiger charge is -2.17. The number of nitrogens with one attached hydrogen (secondary N) is 1. The molecule has 0 aliphatic rings. The molecule has 2 aromatic carbocycles. The van der Waals surface area contributed by atoms with Gasteiger partial charge in [-0.05, 0) is 48.6 Å². The van der Waals surface area contributed by atoms with Crippen LogP contribution in [-0.4, -0.2) is 16.7 Å². The SMILES string of the molecule is CCC(CC)c1cccc2nc(Nc3ccc(C(F)(F)F)cc3Cl)n(COC)c12. The first-order chi connectivity index (χ1) is 13.8. The third kappa shape index (κ3) is 4.36. The second-order valence-corrected chi connectivity index (χ2v) is 7.23. The number of ether oxygens (including phenoxy) is 1. The maximum absolute atomic E-state index is 12.9. The summed E-state index contributed by atoms with van der Waals surface area (Å²) in [5.74, 6) is 0.829. The topological polar surface area (TPSA) is 39.1 Å². The molecule has 1 heterocycles. The molecule has 3 rings (SSSR count). The molecule has 0 fully saturated rings. The largest absolute Gasteiger partial charge is 0.416 e. The smallest absolute Gasteiger partial charge is 0.364 e. The maximum Gasteiger partial charge on any atom is 0.416 e. The summed E-state index contributed by atoms with van der Waals surface area (Å²) in [7, 11) is 1.58. The molecule has 29 heavy (non-hydrogen) atoms. The van der Waals surface area contributed by atoms with E-state index in [0.717, 1.165) is 36.0 Å². The lowest BCUT2D eigenvalue weighted by atomic mass is 9.93. The summed E-state index contributed by atoms with van der Waals surface area (Å²) in [4.78, 5) is 4.64. The van der Waals surface area contributed by atoms with Crippen molar-refractivity contribution in [1.82, 2.24) is 9.55 Å². The van der Waals surface area contributed by atoms with Crippen molar-refractivity contribution in [3.05, 3.63) is 52.5 Å². The number of hydrogen-bond acceptors (Lipinski definition) is 3. The minimum atomic E-state index is -4.45. The van der Waals surface area contributed by atoms with Gasteiger partial charge in [-0.1, -0.05) is 37.6 Å². The van der Waals surface area contributed by atoms with Gasteiger partial charge < -0.3 is 10.1 Å². The van der Waals surface area contributed by atoms with Gasteiger partial charge in [0.1, 0.15) is 6.73 Å². The number of anilines is 2. The lowest BCUT2D eigenvalue weighted by Crippen LogP contribution is -2.09. The second kappa shape index (κ2) is 8.63. The number of methoxy groups -OCH3 is 1. The number of para-hydroxylation sites is 1. The van der Waals surface area contributed by atoms with E-state index < -0.39 is 11.7 Å². The van der Waals surface area contributed by atoms with Gasteiger partial charge in [-0.25, -0.2) is 4.98 Å². The number of benzene rings is 2. The summed E-state index contributed by atoms with van der Waals surface area (Å²) in [5, 5.41) is 3.04. The molecule has 8 heteroatoms. The quantitative estimate of drug-likeness (QED) is 0.444. The number of hydrogen-bond donors (Lipinski definition) is 1. The van der Waals surface area contributed by atoms with Crippen molar-refractivity contribution in [1.29, 1.82) is 0 Å². The fourth-order valence-corrected chi connectivity index (χ4v) is 3.76. The third-order valence-corrected chi connectivity index (χ3v) is 5.34. The minimum absolute atomic E-state index is 0.0314. The summed E-state index contributed by atoms with van der Waals surface area (Å²) in [6, 6.07) is 9.17. The van der Waals surface area contributed by atoms with Crippen LogP contribution in [0.4, 0.5) is 24.8 Å². The molecule has 156 valence electrons. The molecule has 0 amide bonds. The Kier molecular flexibility index (Phi) is 6.39. The van der Waals surface area contributed by atoms with Crippen LogP contribution >= 0.6 is 11.6 Å². The molecular weight excluding hydrogens is 403 g/mol. The van der Waals surface area contributed by atoms with Crippen LogP contribution in [0.2, 0.25) is 5.02 Å². The number of imidazole rings is 1. The molecular formula is C21H23ClF3N3O. The van der Waals surface area contributed by atoms with Gasteiger partial charge in [-0.3, -0.25) is 4.57 Å².